The Hall–Kier alpha value is -4.46. The van der Waals surface area contributed by atoms with Crippen LogP contribution in [0.2, 0.25) is 0 Å². The summed E-state index contributed by atoms with van der Waals surface area (Å²) in [5.74, 6) is 2.71. The molecule has 1 aliphatic rings. The highest BCUT2D eigenvalue weighted by atomic mass is 16.5. The van der Waals surface area contributed by atoms with Crippen LogP contribution in [0.15, 0.2) is 72.8 Å². The number of aromatic nitrogens is 1. The number of pyridine rings is 1. The van der Waals surface area contributed by atoms with E-state index >= 15 is 0 Å². The molecule has 0 spiro atoms. The number of nitrogens with zero attached hydrogens (tertiary/aromatic N) is 3. The molecule has 1 amide bonds. The van der Waals surface area contributed by atoms with E-state index in [1.807, 2.05) is 65.6 Å². The summed E-state index contributed by atoms with van der Waals surface area (Å²) >= 11 is 0. The lowest BCUT2D eigenvalue weighted by Gasteiger charge is -2.36. The van der Waals surface area contributed by atoms with Gasteiger partial charge in [-0.1, -0.05) is 30.3 Å². The van der Waals surface area contributed by atoms with Gasteiger partial charge in [0.15, 0.2) is 0 Å². The van der Waals surface area contributed by atoms with Gasteiger partial charge in [-0.2, -0.15) is 0 Å². The number of piperazine rings is 1. The molecule has 1 N–H and O–H groups in total. The molecule has 37 heavy (non-hydrogen) atoms. The molecule has 5 rings (SSSR count). The number of anilines is 3. The van der Waals surface area contributed by atoms with Crippen LogP contribution in [0.1, 0.15) is 10.4 Å². The number of amides is 1. The predicted octanol–water partition coefficient (Wildman–Crippen LogP) is 4.97. The molecule has 2 heterocycles. The number of fused-ring (bicyclic) bond motifs is 1. The lowest BCUT2D eigenvalue weighted by Crippen LogP contribution is -2.49. The Kier molecular flexibility index (Phi) is 6.98. The zero-order valence-electron chi connectivity index (χ0n) is 21.2. The average molecular weight is 499 g/mol. The summed E-state index contributed by atoms with van der Waals surface area (Å²) in [7, 11) is 4.90. The fourth-order valence-electron chi connectivity index (χ4n) is 4.67. The molecule has 0 atom stereocenters. The molecule has 0 radical (unpaired) electrons. The van der Waals surface area contributed by atoms with Crippen molar-refractivity contribution in [2.75, 3.05) is 57.7 Å². The number of benzene rings is 3. The van der Waals surface area contributed by atoms with Crippen LogP contribution in [0, 0.1) is 0 Å². The molecule has 1 saturated heterocycles. The minimum Gasteiger partial charge on any atom is -0.497 e. The van der Waals surface area contributed by atoms with Crippen molar-refractivity contribution in [2.45, 2.75) is 0 Å². The van der Waals surface area contributed by atoms with Gasteiger partial charge in [-0.05, 0) is 36.4 Å². The van der Waals surface area contributed by atoms with Crippen molar-refractivity contribution in [3.63, 3.8) is 0 Å². The van der Waals surface area contributed by atoms with Gasteiger partial charge >= 0.3 is 0 Å². The molecule has 0 aliphatic carbocycles. The maximum atomic E-state index is 13.8. The standard InChI is InChI=1S/C29H30N4O4/c1-35-20-12-13-24(27(18-20)37-3)31-28-19-22(21-8-4-5-9-23(21)30-28)29(34)33-16-14-32(15-17-33)25-10-6-7-11-26(25)36-2/h4-13,18-19H,14-17H2,1-3H3,(H,30,31). The monoisotopic (exact) mass is 498 g/mol. The van der Waals surface area contributed by atoms with Crippen molar-refractivity contribution in [2.24, 2.45) is 0 Å². The second-order valence-electron chi connectivity index (χ2n) is 8.71. The highest BCUT2D eigenvalue weighted by Gasteiger charge is 2.25. The Morgan fingerprint density at radius 3 is 2.30 bits per heavy atom. The van der Waals surface area contributed by atoms with Gasteiger partial charge in [-0.15, -0.1) is 0 Å². The van der Waals surface area contributed by atoms with Gasteiger partial charge in [-0.25, -0.2) is 4.98 Å². The van der Waals surface area contributed by atoms with Crippen LogP contribution in [-0.2, 0) is 0 Å². The number of methoxy groups -OCH3 is 3. The van der Waals surface area contributed by atoms with E-state index in [-0.39, 0.29) is 5.91 Å². The van der Waals surface area contributed by atoms with Gasteiger partial charge < -0.3 is 29.3 Å². The molecule has 190 valence electrons. The largest absolute Gasteiger partial charge is 0.497 e. The van der Waals surface area contributed by atoms with Crippen molar-refractivity contribution < 1.29 is 19.0 Å². The topological polar surface area (TPSA) is 76.2 Å². The number of hydrogen-bond donors (Lipinski definition) is 1. The quantitative estimate of drug-likeness (QED) is 0.386. The van der Waals surface area contributed by atoms with Crippen molar-refractivity contribution >= 4 is 34.0 Å². The Balaban J connectivity index is 1.41. The van der Waals surface area contributed by atoms with Gasteiger partial charge in [-0.3, -0.25) is 4.79 Å². The molecule has 1 aromatic heterocycles. The summed E-state index contributed by atoms with van der Waals surface area (Å²) in [6, 6.07) is 23.0. The van der Waals surface area contributed by atoms with E-state index < -0.39 is 0 Å². The van der Waals surface area contributed by atoms with Crippen molar-refractivity contribution in [1.29, 1.82) is 0 Å². The van der Waals surface area contributed by atoms with E-state index in [0.29, 0.717) is 36.0 Å². The summed E-state index contributed by atoms with van der Waals surface area (Å²) in [4.78, 5) is 22.7. The molecule has 4 aromatic rings. The molecule has 1 fully saturated rings. The molecule has 0 saturated carbocycles. The Morgan fingerprint density at radius 1 is 0.811 bits per heavy atom. The summed E-state index contributed by atoms with van der Waals surface area (Å²) in [6.45, 7) is 2.68. The number of carbonyl (C=O) groups excluding carboxylic acids is 1. The van der Waals surface area contributed by atoms with Crippen LogP contribution in [-0.4, -0.2) is 63.3 Å². The van der Waals surface area contributed by atoms with Gasteiger partial charge in [0.05, 0.1) is 43.8 Å². The minimum absolute atomic E-state index is 0.0111. The number of para-hydroxylation sites is 3. The molecule has 1 aliphatic heterocycles. The lowest BCUT2D eigenvalue weighted by molar-refractivity contribution is 0.0748. The SMILES string of the molecule is COc1ccc(Nc2cc(C(=O)N3CCN(c4ccccc4OC)CC3)c3ccccc3n2)c(OC)c1. The maximum absolute atomic E-state index is 13.8. The van der Waals surface area contributed by atoms with Gasteiger partial charge in [0.25, 0.3) is 5.91 Å². The van der Waals surface area contributed by atoms with E-state index in [1.54, 1.807) is 27.4 Å². The second-order valence-corrected chi connectivity index (χ2v) is 8.71. The number of carbonyl (C=O) groups is 1. The van der Waals surface area contributed by atoms with Crippen molar-refractivity contribution in [3.8, 4) is 17.2 Å². The Morgan fingerprint density at radius 2 is 1.54 bits per heavy atom. The van der Waals surface area contributed by atoms with Crippen LogP contribution < -0.4 is 24.4 Å². The van der Waals surface area contributed by atoms with E-state index in [2.05, 4.69) is 16.3 Å². The minimum atomic E-state index is -0.0111. The molecule has 8 nitrogen and oxygen atoms in total. The van der Waals surface area contributed by atoms with Crippen LogP contribution in [0.3, 0.4) is 0 Å². The molecular weight excluding hydrogens is 468 g/mol. The van der Waals surface area contributed by atoms with E-state index in [0.717, 1.165) is 41.1 Å². The molecule has 0 unspecified atom stereocenters. The number of nitrogens with one attached hydrogen (secondary N) is 1. The summed E-state index contributed by atoms with van der Waals surface area (Å²) in [5.41, 5.74) is 3.14. The number of rotatable bonds is 7. The third-order valence-corrected chi connectivity index (χ3v) is 6.61. The van der Waals surface area contributed by atoms with Gasteiger partial charge in [0.1, 0.15) is 23.1 Å². The number of ether oxygens (including phenoxy) is 3. The first-order valence-corrected chi connectivity index (χ1v) is 12.2. The molecule has 8 heteroatoms. The van der Waals surface area contributed by atoms with Crippen LogP contribution in [0.4, 0.5) is 17.2 Å². The fourth-order valence-corrected chi connectivity index (χ4v) is 4.67. The normalized spacial score (nSPS) is 13.4. The molecular formula is C29H30N4O4. The smallest absolute Gasteiger partial charge is 0.254 e. The zero-order chi connectivity index (χ0) is 25.8. The Labute approximate surface area is 216 Å². The highest BCUT2D eigenvalue weighted by molar-refractivity contribution is 6.07. The van der Waals surface area contributed by atoms with E-state index in [4.69, 9.17) is 19.2 Å². The molecule has 0 bridgehead atoms. The average Bonchev–Trinajstić information content (AvgIpc) is 2.96. The summed E-state index contributed by atoms with van der Waals surface area (Å²) in [6.07, 6.45) is 0. The van der Waals surface area contributed by atoms with Crippen molar-refractivity contribution in [3.05, 3.63) is 78.4 Å². The predicted molar refractivity (Wildman–Crippen MR) is 146 cm³/mol. The van der Waals surface area contributed by atoms with Crippen molar-refractivity contribution in [1.82, 2.24) is 9.88 Å². The first-order chi connectivity index (χ1) is 18.1. The first kappa shape index (κ1) is 24.2. The van der Waals surface area contributed by atoms with Gasteiger partial charge in [0, 0.05) is 37.6 Å². The highest BCUT2D eigenvalue weighted by Crippen LogP contribution is 2.33. The number of hydrogen-bond acceptors (Lipinski definition) is 7. The second kappa shape index (κ2) is 10.7. The van der Waals surface area contributed by atoms with Crippen LogP contribution in [0.25, 0.3) is 10.9 Å². The van der Waals surface area contributed by atoms with E-state index in [9.17, 15) is 4.79 Å². The maximum Gasteiger partial charge on any atom is 0.254 e. The van der Waals surface area contributed by atoms with Gasteiger partial charge in [0.2, 0.25) is 0 Å². The summed E-state index contributed by atoms with van der Waals surface area (Å²) < 4.78 is 16.4. The van der Waals surface area contributed by atoms with Crippen LogP contribution in [0.5, 0.6) is 17.2 Å². The lowest BCUT2D eigenvalue weighted by atomic mass is 10.1. The van der Waals surface area contributed by atoms with Crippen LogP contribution >= 0.6 is 0 Å². The zero-order valence-corrected chi connectivity index (χ0v) is 21.2. The van der Waals surface area contributed by atoms with E-state index in [1.165, 1.54) is 0 Å². The summed E-state index contributed by atoms with van der Waals surface area (Å²) in [5, 5.41) is 4.15. The fraction of sp³-hybridized carbons (Fsp3) is 0.241. The third-order valence-electron chi connectivity index (χ3n) is 6.61. The Bertz CT molecular complexity index is 1420. The third kappa shape index (κ3) is 4.95. The first-order valence-electron chi connectivity index (χ1n) is 12.2. The molecule has 3 aromatic carbocycles.